The Morgan fingerprint density at radius 2 is 2.00 bits per heavy atom. The largest absolute Gasteiger partial charge is 0.411 e. The Labute approximate surface area is 70.5 Å². The van der Waals surface area contributed by atoms with Crippen molar-refractivity contribution in [2.45, 2.75) is 6.18 Å². The number of rotatable bonds is 5. The molecule has 0 aliphatic heterocycles. The molecule has 3 nitrogen and oxygen atoms in total. The number of hydrogen-bond acceptors (Lipinski definition) is 3. The van der Waals surface area contributed by atoms with E-state index in [0.717, 1.165) is 0 Å². The summed E-state index contributed by atoms with van der Waals surface area (Å²) in [6, 6.07) is 0. The Morgan fingerprint density at radius 1 is 1.42 bits per heavy atom. The minimum Gasteiger partial charge on any atom is -0.359 e. The third-order valence-electron chi connectivity index (χ3n) is 0.826. The van der Waals surface area contributed by atoms with Crippen LogP contribution in [-0.4, -0.2) is 35.2 Å². The van der Waals surface area contributed by atoms with Gasteiger partial charge in [0.1, 0.15) is 12.5 Å². The van der Waals surface area contributed by atoms with Crippen LogP contribution >= 0.6 is 0 Å². The summed E-state index contributed by atoms with van der Waals surface area (Å²) >= 11 is 0. The molecule has 0 amide bonds. The normalized spacial score (nSPS) is 14.7. The first-order chi connectivity index (χ1) is 5.45. The predicted molar refractivity (Wildman–Crippen MR) is 38.9 cm³/mol. The van der Waals surface area contributed by atoms with E-state index in [9.17, 15) is 17.4 Å². The fraction of sp³-hybridized carbons (Fsp3) is 1.00. The quantitative estimate of drug-likeness (QED) is 0.699. The summed E-state index contributed by atoms with van der Waals surface area (Å²) in [6.07, 6.45) is -4.35. The summed E-state index contributed by atoms with van der Waals surface area (Å²) < 4.78 is 49.1. The zero-order chi connectivity index (χ0) is 9.61. The van der Waals surface area contributed by atoms with E-state index in [0.29, 0.717) is 0 Å². The van der Waals surface area contributed by atoms with E-state index in [4.69, 9.17) is 5.73 Å². The lowest BCUT2D eigenvalue weighted by Crippen LogP contribution is -2.20. The summed E-state index contributed by atoms with van der Waals surface area (Å²) in [5.41, 5.74) is 5.02. The molecule has 0 saturated carbocycles. The maximum atomic E-state index is 11.4. The van der Waals surface area contributed by atoms with Crippen LogP contribution in [0.5, 0.6) is 0 Å². The number of ether oxygens (including phenoxy) is 1. The molecule has 0 aliphatic rings. The van der Waals surface area contributed by atoms with Gasteiger partial charge in [-0.3, -0.25) is 4.21 Å². The van der Waals surface area contributed by atoms with Crippen molar-refractivity contribution in [3.63, 3.8) is 0 Å². The first-order valence-electron chi connectivity index (χ1n) is 3.15. The minimum atomic E-state index is -4.35. The molecule has 0 fully saturated rings. The van der Waals surface area contributed by atoms with Crippen LogP contribution < -0.4 is 5.73 Å². The van der Waals surface area contributed by atoms with Crippen LogP contribution in [0.2, 0.25) is 0 Å². The molecule has 12 heavy (non-hydrogen) atoms. The molecule has 0 aromatic carbocycles. The molecule has 7 heteroatoms. The van der Waals surface area contributed by atoms with Gasteiger partial charge in [-0.05, 0) is 0 Å². The van der Waals surface area contributed by atoms with Crippen molar-refractivity contribution in [2.75, 3.05) is 24.8 Å². The van der Waals surface area contributed by atoms with Crippen LogP contribution in [0, 0.1) is 0 Å². The molecule has 1 unspecified atom stereocenters. The number of halogens is 3. The van der Waals surface area contributed by atoms with Gasteiger partial charge in [0.2, 0.25) is 0 Å². The standard InChI is InChI=1S/C5H10F3NO2S/c6-5(7,8)3-11-4-12(10)2-1-9/h1-4,9H2. The maximum absolute atomic E-state index is 11.4. The van der Waals surface area contributed by atoms with Crippen molar-refractivity contribution >= 4 is 10.8 Å². The molecule has 0 radical (unpaired) electrons. The van der Waals surface area contributed by atoms with Crippen molar-refractivity contribution in [1.82, 2.24) is 0 Å². The van der Waals surface area contributed by atoms with Gasteiger partial charge in [-0.25, -0.2) is 0 Å². The SMILES string of the molecule is NCCS(=O)COCC(F)(F)F. The average molecular weight is 205 g/mol. The second-order valence-corrected chi connectivity index (χ2v) is 3.54. The van der Waals surface area contributed by atoms with Gasteiger partial charge in [-0.2, -0.15) is 13.2 Å². The topological polar surface area (TPSA) is 52.3 Å². The second-order valence-electron chi connectivity index (χ2n) is 2.01. The van der Waals surface area contributed by atoms with E-state index in [1.807, 2.05) is 0 Å². The van der Waals surface area contributed by atoms with Crippen LogP contribution in [0.4, 0.5) is 13.2 Å². The molecule has 0 saturated heterocycles. The lowest BCUT2D eigenvalue weighted by atomic mass is 10.7. The van der Waals surface area contributed by atoms with Crippen molar-refractivity contribution in [3.8, 4) is 0 Å². The second kappa shape index (κ2) is 5.50. The summed E-state index contributed by atoms with van der Waals surface area (Å²) in [5, 5.41) is 0. The van der Waals surface area contributed by atoms with E-state index < -0.39 is 29.5 Å². The monoisotopic (exact) mass is 205 g/mol. The average Bonchev–Trinajstić information content (AvgIpc) is 1.84. The van der Waals surface area contributed by atoms with Crippen LogP contribution in [0.15, 0.2) is 0 Å². The van der Waals surface area contributed by atoms with Crippen molar-refractivity contribution in [1.29, 1.82) is 0 Å². The van der Waals surface area contributed by atoms with Crippen LogP contribution in [0.3, 0.4) is 0 Å². The Bertz CT molecular complexity index is 150. The molecule has 1 atom stereocenters. The highest BCUT2D eigenvalue weighted by molar-refractivity contribution is 7.84. The molecular weight excluding hydrogens is 195 g/mol. The third kappa shape index (κ3) is 7.96. The Morgan fingerprint density at radius 3 is 2.42 bits per heavy atom. The summed E-state index contributed by atoms with van der Waals surface area (Å²) in [4.78, 5) is 0. The molecule has 0 aromatic heterocycles. The van der Waals surface area contributed by atoms with Crippen LogP contribution in [0.1, 0.15) is 0 Å². The van der Waals surface area contributed by atoms with E-state index in [-0.39, 0.29) is 12.3 Å². The molecule has 74 valence electrons. The van der Waals surface area contributed by atoms with Crippen molar-refractivity contribution in [3.05, 3.63) is 0 Å². The van der Waals surface area contributed by atoms with Gasteiger partial charge < -0.3 is 10.5 Å². The van der Waals surface area contributed by atoms with Gasteiger partial charge in [-0.15, -0.1) is 0 Å². The van der Waals surface area contributed by atoms with Crippen LogP contribution in [0.25, 0.3) is 0 Å². The first kappa shape index (κ1) is 11.9. The van der Waals surface area contributed by atoms with Gasteiger partial charge in [0.15, 0.2) is 0 Å². The zero-order valence-electron chi connectivity index (χ0n) is 6.26. The Balaban J connectivity index is 3.37. The zero-order valence-corrected chi connectivity index (χ0v) is 7.08. The van der Waals surface area contributed by atoms with E-state index in [1.54, 1.807) is 0 Å². The van der Waals surface area contributed by atoms with Crippen molar-refractivity contribution < 1.29 is 22.1 Å². The van der Waals surface area contributed by atoms with Gasteiger partial charge in [-0.1, -0.05) is 0 Å². The molecule has 0 aromatic rings. The molecule has 0 heterocycles. The predicted octanol–water partition coefficient (Wildman–Crippen LogP) is 0.230. The Kier molecular flexibility index (Phi) is 5.43. The van der Waals surface area contributed by atoms with Gasteiger partial charge in [0.05, 0.1) is 0 Å². The van der Waals surface area contributed by atoms with E-state index in [1.165, 1.54) is 0 Å². The molecular formula is C5H10F3NO2S. The summed E-state index contributed by atoms with van der Waals surface area (Å²) in [5.74, 6) is -0.242. The lowest BCUT2D eigenvalue weighted by molar-refractivity contribution is -0.169. The third-order valence-corrected chi connectivity index (χ3v) is 1.95. The summed E-state index contributed by atoms with van der Waals surface area (Å²) in [7, 11) is -1.40. The van der Waals surface area contributed by atoms with Crippen molar-refractivity contribution in [2.24, 2.45) is 5.73 Å². The molecule has 2 N–H and O–H groups in total. The van der Waals surface area contributed by atoms with E-state index >= 15 is 0 Å². The number of nitrogens with two attached hydrogens (primary N) is 1. The highest BCUT2D eigenvalue weighted by Crippen LogP contribution is 2.14. The first-order valence-corrected chi connectivity index (χ1v) is 4.64. The Hall–Kier alpha value is -0.140. The lowest BCUT2D eigenvalue weighted by Gasteiger charge is -2.06. The number of hydrogen-bond donors (Lipinski definition) is 1. The highest BCUT2D eigenvalue weighted by Gasteiger charge is 2.27. The minimum absolute atomic E-state index is 0.165. The molecule has 0 rings (SSSR count). The smallest absolute Gasteiger partial charge is 0.359 e. The summed E-state index contributed by atoms with van der Waals surface area (Å²) in [6.45, 7) is -1.18. The fourth-order valence-corrected chi connectivity index (χ4v) is 1.09. The van der Waals surface area contributed by atoms with Gasteiger partial charge in [0, 0.05) is 23.1 Å². The molecule has 0 spiro atoms. The number of alkyl halides is 3. The van der Waals surface area contributed by atoms with Gasteiger partial charge in [0.25, 0.3) is 0 Å². The van der Waals surface area contributed by atoms with Crippen LogP contribution in [-0.2, 0) is 15.5 Å². The van der Waals surface area contributed by atoms with E-state index in [2.05, 4.69) is 4.74 Å². The maximum Gasteiger partial charge on any atom is 0.411 e. The highest BCUT2D eigenvalue weighted by atomic mass is 32.2. The fourth-order valence-electron chi connectivity index (χ4n) is 0.441. The molecule has 0 aliphatic carbocycles. The van der Waals surface area contributed by atoms with Gasteiger partial charge >= 0.3 is 6.18 Å². The molecule has 0 bridgehead atoms.